The average molecular weight is 286 g/mol. The van der Waals surface area contributed by atoms with E-state index in [1.54, 1.807) is 25.1 Å². The number of benzene rings is 2. The summed E-state index contributed by atoms with van der Waals surface area (Å²) in [7, 11) is 0. The van der Waals surface area contributed by atoms with Crippen LogP contribution in [-0.4, -0.2) is 24.3 Å². The number of ether oxygens (including phenoxy) is 2. The summed E-state index contributed by atoms with van der Waals surface area (Å²) in [5.41, 5.74) is 1.95. The topological polar surface area (TPSA) is 55.8 Å². The first-order chi connectivity index (χ1) is 10.1. The SMILES string of the molecule is Cc1ccccc1OCCOc1cccc(C(=O)O)c1C. The van der Waals surface area contributed by atoms with Gasteiger partial charge >= 0.3 is 5.97 Å². The lowest BCUT2D eigenvalue weighted by atomic mass is 10.1. The molecule has 0 amide bonds. The minimum atomic E-state index is -0.950. The van der Waals surface area contributed by atoms with Gasteiger partial charge in [-0.15, -0.1) is 0 Å². The normalized spacial score (nSPS) is 10.2. The summed E-state index contributed by atoms with van der Waals surface area (Å²) in [5.74, 6) is 0.453. The number of carboxylic acid groups (broad SMARTS) is 1. The number of carboxylic acids is 1. The molecule has 0 saturated carbocycles. The van der Waals surface area contributed by atoms with Gasteiger partial charge in [0.1, 0.15) is 24.7 Å². The van der Waals surface area contributed by atoms with Crippen LogP contribution in [0.15, 0.2) is 42.5 Å². The second-order valence-corrected chi connectivity index (χ2v) is 4.70. The first-order valence-corrected chi connectivity index (χ1v) is 6.73. The third-order valence-corrected chi connectivity index (χ3v) is 3.21. The van der Waals surface area contributed by atoms with Crippen molar-refractivity contribution >= 4 is 5.97 Å². The van der Waals surface area contributed by atoms with Gasteiger partial charge in [0.05, 0.1) is 5.56 Å². The van der Waals surface area contributed by atoms with Gasteiger partial charge in [0.15, 0.2) is 0 Å². The van der Waals surface area contributed by atoms with Crippen molar-refractivity contribution in [2.75, 3.05) is 13.2 Å². The second kappa shape index (κ2) is 6.79. The number of hydrogen-bond donors (Lipinski definition) is 1. The van der Waals surface area contributed by atoms with E-state index in [1.807, 2.05) is 31.2 Å². The number of carbonyl (C=O) groups is 1. The van der Waals surface area contributed by atoms with Crippen molar-refractivity contribution in [3.05, 3.63) is 59.2 Å². The summed E-state index contributed by atoms with van der Waals surface area (Å²) in [6, 6.07) is 12.8. The van der Waals surface area contributed by atoms with Crippen molar-refractivity contribution in [1.29, 1.82) is 0 Å². The van der Waals surface area contributed by atoms with Crippen LogP contribution in [-0.2, 0) is 0 Å². The largest absolute Gasteiger partial charge is 0.490 e. The Morgan fingerprint density at radius 2 is 1.57 bits per heavy atom. The zero-order valence-electron chi connectivity index (χ0n) is 12.1. The zero-order chi connectivity index (χ0) is 15.2. The minimum absolute atomic E-state index is 0.257. The fourth-order valence-electron chi connectivity index (χ4n) is 2.02. The molecule has 0 spiro atoms. The summed E-state index contributed by atoms with van der Waals surface area (Å²) in [5, 5.41) is 9.06. The van der Waals surface area contributed by atoms with E-state index >= 15 is 0 Å². The van der Waals surface area contributed by atoms with Gasteiger partial charge in [-0.1, -0.05) is 24.3 Å². The third kappa shape index (κ3) is 3.75. The van der Waals surface area contributed by atoms with Crippen LogP contribution < -0.4 is 9.47 Å². The lowest BCUT2D eigenvalue weighted by molar-refractivity contribution is 0.0695. The van der Waals surface area contributed by atoms with Gasteiger partial charge in [-0.2, -0.15) is 0 Å². The van der Waals surface area contributed by atoms with Crippen molar-refractivity contribution < 1.29 is 19.4 Å². The van der Waals surface area contributed by atoms with Gasteiger partial charge in [-0.25, -0.2) is 4.79 Å². The Morgan fingerprint density at radius 1 is 0.952 bits per heavy atom. The van der Waals surface area contributed by atoms with Crippen LogP contribution in [0.4, 0.5) is 0 Å². The monoisotopic (exact) mass is 286 g/mol. The Balaban J connectivity index is 1.91. The highest BCUT2D eigenvalue weighted by atomic mass is 16.5. The van der Waals surface area contributed by atoms with Crippen molar-refractivity contribution in [1.82, 2.24) is 0 Å². The molecule has 0 unspecified atom stereocenters. The number of rotatable bonds is 6. The Labute approximate surface area is 123 Å². The molecule has 0 radical (unpaired) electrons. The Kier molecular flexibility index (Phi) is 4.82. The molecule has 0 heterocycles. The summed E-state index contributed by atoms with van der Waals surface area (Å²) < 4.78 is 11.2. The van der Waals surface area contributed by atoms with Crippen LogP contribution in [0.3, 0.4) is 0 Å². The predicted molar refractivity (Wildman–Crippen MR) is 80.3 cm³/mol. The van der Waals surface area contributed by atoms with E-state index in [4.69, 9.17) is 14.6 Å². The van der Waals surface area contributed by atoms with Gasteiger partial charge in [0.2, 0.25) is 0 Å². The second-order valence-electron chi connectivity index (χ2n) is 4.70. The molecule has 21 heavy (non-hydrogen) atoms. The first kappa shape index (κ1) is 14.9. The molecule has 110 valence electrons. The maximum absolute atomic E-state index is 11.0. The van der Waals surface area contributed by atoms with Gasteiger partial charge < -0.3 is 14.6 Å². The third-order valence-electron chi connectivity index (χ3n) is 3.21. The molecule has 1 N–H and O–H groups in total. The van der Waals surface area contributed by atoms with E-state index in [0.717, 1.165) is 11.3 Å². The quantitative estimate of drug-likeness (QED) is 0.826. The maximum atomic E-state index is 11.0. The van der Waals surface area contributed by atoms with Crippen molar-refractivity contribution in [3.63, 3.8) is 0 Å². The van der Waals surface area contributed by atoms with E-state index in [0.29, 0.717) is 24.5 Å². The van der Waals surface area contributed by atoms with Crippen molar-refractivity contribution in [2.45, 2.75) is 13.8 Å². The van der Waals surface area contributed by atoms with Crippen LogP contribution in [0.1, 0.15) is 21.5 Å². The molecule has 0 atom stereocenters. The van der Waals surface area contributed by atoms with Crippen LogP contribution >= 0.6 is 0 Å². The molecule has 0 aliphatic heterocycles. The highest BCUT2D eigenvalue weighted by Crippen LogP contribution is 2.21. The van der Waals surface area contributed by atoms with E-state index in [1.165, 1.54) is 0 Å². The fourth-order valence-corrected chi connectivity index (χ4v) is 2.02. The number of hydrogen-bond acceptors (Lipinski definition) is 3. The number of aromatic carboxylic acids is 1. The highest BCUT2D eigenvalue weighted by Gasteiger charge is 2.10. The molecule has 2 rings (SSSR count). The molecular formula is C17H18O4. The predicted octanol–water partition coefficient (Wildman–Crippen LogP) is 3.46. The molecule has 2 aromatic rings. The van der Waals surface area contributed by atoms with Gasteiger partial charge in [-0.3, -0.25) is 0 Å². The van der Waals surface area contributed by atoms with Crippen LogP contribution in [0.5, 0.6) is 11.5 Å². The molecule has 0 bridgehead atoms. The fraction of sp³-hybridized carbons (Fsp3) is 0.235. The van der Waals surface area contributed by atoms with Crippen LogP contribution in [0.2, 0.25) is 0 Å². The summed E-state index contributed by atoms with van der Waals surface area (Å²) in [4.78, 5) is 11.0. The zero-order valence-corrected chi connectivity index (χ0v) is 12.1. The van der Waals surface area contributed by atoms with Crippen molar-refractivity contribution in [3.8, 4) is 11.5 Å². The molecule has 4 nitrogen and oxygen atoms in total. The number of para-hydroxylation sites is 1. The molecule has 2 aromatic carbocycles. The summed E-state index contributed by atoms with van der Waals surface area (Å²) in [6.07, 6.45) is 0. The van der Waals surface area contributed by atoms with Gasteiger partial charge in [0, 0.05) is 5.56 Å². The smallest absolute Gasteiger partial charge is 0.336 e. The maximum Gasteiger partial charge on any atom is 0.336 e. The van der Waals surface area contributed by atoms with E-state index in [-0.39, 0.29) is 5.56 Å². The van der Waals surface area contributed by atoms with Crippen molar-refractivity contribution in [2.24, 2.45) is 0 Å². The molecule has 0 fully saturated rings. The molecule has 0 aliphatic rings. The Morgan fingerprint density at radius 3 is 2.24 bits per heavy atom. The highest BCUT2D eigenvalue weighted by molar-refractivity contribution is 5.90. The van der Waals surface area contributed by atoms with E-state index in [2.05, 4.69) is 0 Å². The van der Waals surface area contributed by atoms with Crippen LogP contribution in [0, 0.1) is 13.8 Å². The average Bonchev–Trinajstić information content (AvgIpc) is 2.46. The summed E-state index contributed by atoms with van der Waals surface area (Å²) in [6.45, 7) is 4.48. The van der Waals surface area contributed by atoms with Gasteiger partial charge in [-0.05, 0) is 37.6 Å². The van der Waals surface area contributed by atoms with E-state index in [9.17, 15) is 4.79 Å². The standard InChI is InChI=1S/C17H18O4/c1-12-6-3-4-8-15(12)20-10-11-21-16-9-5-7-14(13(16)2)17(18)19/h3-9H,10-11H2,1-2H3,(H,18,19). The van der Waals surface area contributed by atoms with Crippen LogP contribution in [0.25, 0.3) is 0 Å². The van der Waals surface area contributed by atoms with Gasteiger partial charge in [0.25, 0.3) is 0 Å². The Bertz CT molecular complexity index is 634. The lowest BCUT2D eigenvalue weighted by Gasteiger charge is -2.12. The summed E-state index contributed by atoms with van der Waals surface area (Å²) >= 11 is 0. The Hall–Kier alpha value is -2.49. The lowest BCUT2D eigenvalue weighted by Crippen LogP contribution is -2.11. The molecule has 0 aliphatic carbocycles. The molecule has 0 aromatic heterocycles. The number of aryl methyl sites for hydroxylation is 1. The minimum Gasteiger partial charge on any atom is -0.490 e. The molecule has 4 heteroatoms. The molecule has 0 saturated heterocycles. The molecular weight excluding hydrogens is 268 g/mol. The van der Waals surface area contributed by atoms with E-state index < -0.39 is 5.97 Å². The first-order valence-electron chi connectivity index (χ1n) is 6.73.